The first kappa shape index (κ1) is 12.0. The molecule has 1 aromatic carbocycles. The van der Waals surface area contributed by atoms with E-state index in [1.54, 1.807) is 30.5 Å². The van der Waals surface area contributed by atoms with Crippen LogP contribution in [-0.2, 0) is 0 Å². The van der Waals surface area contributed by atoms with E-state index < -0.39 is 0 Å². The molecule has 2 rings (SSSR count). The van der Waals surface area contributed by atoms with Gasteiger partial charge in [0, 0.05) is 11.8 Å². The predicted molar refractivity (Wildman–Crippen MR) is 69.2 cm³/mol. The van der Waals surface area contributed by atoms with Gasteiger partial charge in [-0.2, -0.15) is 0 Å². The molecule has 1 amide bonds. The molecule has 4 nitrogen and oxygen atoms in total. The monoisotopic (exact) mass is 240 g/mol. The van der Waals surface area contributed by atoms with Gasteiger partial charge in [-0.25, -0.2) is 0 Å². The van der Waals surface area contributed by atoms with Gasteiger partial charge in [0.25, 0.3) is 5.91 Å². The number of aromatic amines is 1. The number of benzene rings is 1. The van der Waals surface area contributed by atoms with Crippen LogP contribution in [0.1, 0.15) is 16.1 Å². The minimum atomic E-state index is -0.224. The summed E-state index contributed by atoms with van der Waals surface area (Å²) in [6.07, 6.45) is 1.69. The molecule has 0 fully saturated rings. The second kappa shape index (κ2) is 5.71. The zero-order chi connectivity index (χ0) is 12.8. The number of H-pyrrole nitrogens is 1. The number of para-hydroxylation sites is 1. The molecule has 0 saturated carbocycles. The molecule has 2 aromatic rings. The molecule has 90 valence electrons. The van der Waals surface area contributed by atoms with Crippen LogP contribution in [0, 0.1) is 11.8 Å². The Morgan fingerprint density at radius 1 is 1.28 bits per heavy atom. The molecule has 0 saturated heterocycles. The minimum absolute atomic E-state index is 0.209. The van der Waals surface area contributed by atoms with Crippen LogP contribution in [0.2, 0.25) is 0 Å². The largest absolute Gasteiger partial charge is 0.384 e. The second-order valence-corrected chi connectivity index (χ2v) is 3.54. The third-order valence-corrected chi connectivity index (χ3v) is 2.32. The lowest BCUT2D eigenvalue weighted by Gasteiger charge is -2.06. The summed E-state index contributed by atoms with van der Waals surface area (Å²) < 4.78 is 0. The molecule has 0 aliphatic carbocycles. The number of carbonyl (C=O) groups is 1. The normalized spacial score (nSPS) is 9.39. The van der Waals surface area contributed by atoms with Crippen molar-refractivity contribution in [1.29, 1.82) is 0 Å². The van der Waals surface area contributed by atoms with Crippen molar-refractivity contribution in [3.63, 3.8) is 0 Å². The number of carbonyl (C=O) groups excluding carboxylic acids is 1. The average molecular weight is 240 g/mol. The summed E-state index contributed by atoms with van der Waals surface area (Å²) >= 11 is 0. The zero-order valence-corrected chi connectivity index (χ0v) is 9.60. The van der Waals surface area contributed by atoms with Crippen LogP contribution in [0.4, 0.5) is 5.69 Å². The lowest BCUT2D eigenvalue weighted by Crippen LogP contribution is -2.13. The molecule has 0 radical (unpaired) electrons. The highest BCUT2D eigenvalue weighted by molar-refractivity contribution is 6.03. The number of hydrogen-bond donors (Lipinski definition) is 3. The molecule has 0 unspecified atom stereocenters. The van der Waals surface area contributed by atoms with Crippen LogP contribution in [0.3, 0.4) is 0 Å². The van der Waals surface area contributed by atoms with Crippen molar-refractivity contribution >= 4 is 11.6 Å². The third-order valence-electron chi connectivity index (χ3n) is 2.32. The van der Waals surface area contributed by atoms with Gasteiger partial charge in [0.15, 0.2) is 0 Å². The Labute approximate surface area is 105 Å². The van der Waals surface area contributed by atoms with E-state index in [1.165, 1.54) is 0 Å². The summed E-state index contributed by atoms with van der Waals surface area (Å²) in [4.78, 5) is 14.7. The van der Waals surface area contributed by atoms with Crippen molar-refractivity contribution in [2.75, 3.05) is 11.9 Å². The molecule has 0 aliphatic rings. The molecule has 0 spiro atoms. The maximum atomic E-state index is 11.9. The summed E-state index contributed by atoms with van der Waals surface area (Å²) in [7, 11) is 0. The van der Waals surface area contributed by atoms with Crippen LogP contribution in [-0.4, -0.2) is 22.6 Å². The standard InChI is InChI=1S/C14H12N2O2/c17-10-4-6-11-5-1-2-7-12(11)16-14(18)13-8-3-9-15-13/h1-3,5,7-9,15,17H,10H2,(H,16,18). The number of aromatic nitrogens is 1. The van der Waals surface area contributed by atoms with Gasteiger partial charge in [-0.15, -0.1) is 0 Å². The number of aliphatic hydroxyl groups is 1. The van der Waals surface area contributed by atoms with E-state index in [9.17, 15) is 4.79 Å². The van der Waals surface area contributed by atoms with Crippen LogP contribution < -0.4 is 5.32 Å². The van der Waals surface area contributed by atoms with E-state index in [1.807, 2.05) is 12.1 Å². The fourth-order valence-corrected chi connectivity index (χ4v) is 1.50. The number of aliphatic hydroxyl groups excluding tert-OH is 1. The summed E-state index contributed by atoms with van der Waals surface area (Å²) in [6.45, 7) is -0.209. The number of rotatable bonds is 2. The zero-order valence-electron chi connectivity index (χ0n) is 9.60. The van der Waals surface area contributed by atoms with Crippen molar-refractivity contribution in [2.24, 2.45) is 0 Å². The fraction of sp³-hybridized carbons (Fsp3) is 0.0714. The van der Waals surface area contributed by atoms with Gasteiger partial charge in [0.05, 0.1) is 5.69 Å². The van der Waals surface area contributed by atoms with Crippen LogP contribution >= 0.6 is 0 Å². The third kappa shape index (κ3) is 2.78. The van der Waals surface area contributed by atoms with Crippen LogP contribution in [0.25, 0.3) is 0 Å². The molecule has 1 aromatic heterocycles. The topological polar surface area (TPSA) is 65.1 Å². The van der Waals surface area contributed by atoms with Crippen molar-refractivity contribution in [3.8, 4) is 11.8 Å². The number of nitrogens with one attached hydrogen (secondary N) is 2. The Kier molecular flexibility index (Phi) is 3.79. The summed E-state index contributed by atoms with van der Waals surface area (Å²) in [6, 6.07) is 10.6. The highest BCUT2D eigenvalue weighted by Gasteiger charge is 2.07. The summed E-state index contributed by atoms with van der Waals surface area (Å²) in [5.74, 6) is 5.12. The van der Waals surface area contributed by atoms with Gasteiger partial charge in [-0.1, -0.05) is 24.0 Å². The molecule has 1 heterocycles. The first-order valence-corrected chi connectivity index (χ1v) is 5.45. The highest BCUT2D eigenvalue weighted by Crippen LogP contribution is 2.14. The minimum Gasteiger partial charge on any atom is -0.384 e. The van der Waals surface area contributed by atoms with Crippen molar-refractivity contribution in [3.05, 3.63) is 53.9 Å². The lowest BCUT2D eigenvalue weighted by molar-refractivity contribution is 0.102. The Hall–Kier alpha value is -2.51. The quantitative estimate of drug-likeness (QED) is 0.698. The molecular formula is C14H12N2O2. The van der Waals surface area contributed by atoms with Crippen molar-refractivity contribution in [2.45, 2.75) is 0 Å². The van der Waals surface area contributed by atoms with E-state index in [-0.39, 0.29) is 12.5 Å². The van der Waals surface area contributed by atoms with Crippen LogP contribution in [0.5, 0.6) is 0 Å². The smallest absolute Gasteiger partial charge is 0.272 e. The molecule has 0 bridgehead atoms. The lowest BCUT2D eigenvalue weighted by atomic mass is 10.2. The predicted octanol–water partition coefficient (Wildman–Crippen LogP) is 1.61. The fourth-order valence-electron chi connectivity index (χ4n) is 1.50. The first-order valence-electron chi connectivity index (χ1n) is 5.45. The van der Waals surface area contributed by atoms with Gasteiger partial charge in [-0.3, -0.25) is 4.79 Å². The van der Waals surface area contributed by atoms with Crippen molar-refractivity contribution in [1.82, 2.24) is 4.98 Å². The Morgan fingerprint density at radius 2 is 2.11 bits per heavy atom. The SMILES string of the molecule is O=C(Nc1ccccc1C#CCO)c1ccc[nH]1. The van der Waals surface area contributed by atoms with E-state index in [4.69, 9.17) is 5.11 Å². The van der Waals surface area contributed by atoms with E-state index in [2.05, 4.69) is 22.1 Å². The molecule has 0 atom stereocenters. The number of hydrogen-bond acceptors (Lipinski definition) is 2. The highest BCUT2D eigenvalue weighted by atomic mass is 16.2. The van der Waals surface area contributed by atoms with Gasteiger partial charge in [0.2, 0.25) is 0 Å². The van der Waals surface area contributed by atoms with E-state index in [0.29, 0.717) is 16.9 Å². The molecule has 3 N–H and O–H groups in total. The molecule has 18 heavy (non-hydrogen) atoms. The first-order chi connectivity index (χ1) is 8.81. The number of anilines is 1. The average Bonchev–Trinajstić information content (AvgIpc) is 2.91. The van der Waals surface area contributed by atoms with E-state index in [0.717, 1.165) is 0 Å². The van der Waals surface area contributed by atoms with Crippen molar-refractivity contribution < 1.29 is 9.90 Å². The Balaban J connectivity index is 2.21. The summed E-state index contributed by atoms with van der Waals surface area (Å²) in [5.41, 5.74) is 1.78. The Bertz CT molecular complexity index is 592. The summed E-state index contributed by atoms with van der Waals surface area (Å²) in [5, 5.41) is 11.5. The second-order valence-electron chi connectivity index (χ2n) is 3.54. The van der Waals surface area contributed by atoms with Gasteiger partial charge < -0.3 is 15.4 Å². The molecular weight excluding hydrogens is 228 g/mol. The molecule has 0 aliphatic heterocycles. The van der Waals surface area contributed by atoms with Crippen LogP contribution in [0.15, 0.2) is 42.6 Å². The maximum absolute atomic E-state index is 11.9. The Morgan fingerprint density at radius 3 is 2.83 bits per heavy atom. The van der Waals surface area contributed by atoms with Gasteiger partial charge in [0.1, 0.15) is 12.3 Å². The van der Waals surface area contributed by atoms with Gasteiger partial charge >= 0.3 is 0 Å². The maximum Gasteiger partial charge on any atom is 0.272 e. The van der Waals surface area contributed by atoms with E-state index >= 15 is 0 Å². The number of amides is 1. The van der Waals surface area contributed by atoms with Gasteiger partial charge in [-0.05, 0) is 24.3 Å². The molecule has 4 heteroatoms.